The third kappa shape index (κ3) is 1.47. The van der Waals surface area contributed by atoms with Crippen molar-refractivity contribution in [3.05, 3.63) is 11.8 Å². The van der Waals surface area contributed by atoms with Gasteiger partial charge in [-0.15, -0.1) is 10.2 Å². The Kier molecular flexibility index (Phi) is 2.46. The fourth-order valence-corrected chi connectivity index (χ4v) is 3.21. The lowest BCUT2D eigenvalue weighted by Gasteiger charge is -2.07. The van der Waals surface area contributed by atoms with E-state index in [1.165, 1.54) is 19.3 Å². The SMILES string of the molecule is CCC(NC)c1nnc(C2C3CCCC32)o1. The number of hydrogen-bond donors (Lipinski definition) is 1. The first-order valence-corrected chi connectivity index (χ1v) is 6.35. The molecule has 0 saturated heterocycles. The maximum Gasteiger partial charge on any atom is 0.233 e. The van der Waals surface area contributed by atoms with Crippen LogP contribution in [0.15, 0.2) is 4.42 Å². The van der Waals surface area contributed by atoms with Gasteiger partial charge in [-0.25, -0.2) is 0 Å². The van der Waals surface area contributed by atoms with Crippen LogP contribution >= 0.6 is 0 Å². The van der Waals surface area contributed by atoms with Crippen molar-refractivity contribution in [1.82, 2.24) is 15.5 Å². The Morgan fingerprint density at radius 1 is 1.38 bits per heavy atom. The first kappa shape index (κ1) is 10.3. The molecule has 4 nitrogen and oxygen atoms in total. The number of fused-ring (bicyclic) bond motifs is 1. The van der Waals surface area contributed by atoms with Crippen LogP contribution in [0.1, 0.15) is 56.3 Å². The predicted molar refractivity (Wildman–Crippen MR) is 60.0 cm³/mol. The Labute approximate surface area is 95.8 Å². The molecule has 2 fully saturated rings. The van der Waals surface area contributed by atoms with E-state index >= 15 is 0 Å². The van der Waals surface area contributed by atoms with Gasteiger partial charge in [-0.05, 0) is 38.1 Å². The number of hydrogen-bond acceptors (Lipinski definition) is 4. The van der Waals surface area contributed by atoms with Gasteiger partial charge < -0.3 is 9.73 Å². The van der Waals surface area contributed by atoms with Crippen molar-refractivity contribution in [2.24, 2.45) is 11.8 Å². The fourth-order valence-electron chi connectivity index (χ4n) is 3.21. The maximum atomic E-state index is 5.80. The van der Waals surface area contributed by atoms with E-state index in [2.05, 4.69) is 22.4 Å². The molecule has 0 aliphatic heterocycles. The van der Waals surface area contributed by atoms with Crippen LogP contribution in [-0.2, 0) is 0 Å². The Balaban J connectivity index is 1.73. The first-order valence-electron chi connectivity index (χ1n) is 6.35. The highest BCUT2D eigenvalue weighted by Crippen LogP contribution is 2.62. The maximum absolute atomic E-state index is 5.80. The monoisotopic (exact) mass is 221 g/mol. The Hall–Kier alpha value is -0.900. The van der Waals surface area contributed by atoms with E-state index in [4.69, 9.17) is 4.42 Å². The minimum atomic E-state index is 0.208. The summed E-state index contributed by atoms with van der Waals surface area (Å²) in [5, 5.41) is 11.6. The van der Waals surface area contributed by atoms with Gasteiger partial charge in [0.15, 0.2) is 0 Å². The van der Waals surface area contributed by atoms with Gasteiger partial charge in [0.05, 0.1) is 6.04 Å². The lowest BCUT2D eigenvalue weighted by Crippen LogP contribution is -2.15. The predicted octanol–water partition coefficient (Wildman–Crippen LogP) is 2.25. The Morgan fingerprint density at radius 2 is 2.12 bits per heavy atom. The van der Waals surface area contributed by atoms with Gasteiger partial charge in [-0.2, -0.15) is 0 Å². The molecule has 0 radical (unpaired) electrons. The van der Waals surface area contributed by atoms with Crippen LogP contribution in [0.3, 0.4) is 0 Å². The Morgan fingerprint density at radius 3 is 2.75 bits per heavy atom. The summed E-state index contributed by atoms with van der Waals surface area (Å²) in [5.41, 5.74) is 0. The second-order valence-electron chi connectivity index (χ2n) is 5.01. The van der Waals surface area contributed by atoms with Crippen LogP contribution in [-0.4, -0.2) is 17.2 Å². The molecule has 4 heteroatoms. The first-order chi connectivity index (χ1) is 7.85. The minimum Gasteiger partial charge on any atom is -0.423 e. The summed E-state index contributed by atoms with van der Waals surface area (Å²) in [4.78, 5) is 0. The number of rotatable bonds is 4. The van der Waals surface area contributed by atoms with Gasteiger partial charge in [-0.1, -0.05) is 13.3 Å². The van der Waals surface area contributed by atoms with Crippen LogP contribution in [0.25, 0.3) is 0 Å². The van der Waals surface area contributed by atoms with Crippen LogP contribution in [0.2, 0.25) is 0 Å². The zero-order chi connectivity index (χ0) is 11.1. The van der Waals surface area contributed by atoms with Crippen molar-refractivity contribution in [3.8, 4) is 0 Å². The van der Waals surface area contributed by atoms with E-state index in [1.807, 2.05) is 7.05 Å². The lowest BCUT2D eigenvalue weighted by atomic mass is 10.1. The zero-order valence-electron chi connectivity index (χ0n) is 9.94. The second kappa shape index (κ2) is 3.84. The highest BCUT2D eigenvalue weighted by Gasteiger charge is 2.56. The number of nitrogens with zero attached hydrogens (tertiary/aromatic N) is 2. The van der Waals surface area contributed by atoms with Crippen LogP contribution in [0, 0.1) is 11.8 Å². The molecule has 0 aromatic carbocycles. The normalized spacial score (nSPS) is 33.8. The van der Waals surface area contributed by atoms with Gasteiger partial charge in [0, 0.05) is 5.92 Å². The summed E-state index contributed by atoms with van der Waals surface area (Å²) < 4.78 is 5.80. The fraction of sp³-hybridized carbons (Fsp3) is 0.833. The standard InChI is InChI=1S/C12H19N3O/c1-3-9(13-2)11-14-15-12(16-11)10-7-5-4-6-8(7)10/h7-10,13H,3-6H2,1-2H3. The van der Waals surface area contributed by atoms with E-state index in [0.717, 1.165) is 30.0 Å². The molecule has 2 aliphatic rings. The summed E-state index contributed by atoms with van der Waals surface area (Å²) >= 11 is 0. The van der Waals surface area contributed by atoms with Crippen molar-refractivity contribution in [2.45, 2.75) is 44.6 Å². The average molecular weight is 221 g/mol. The van der Waals surface area contributed by atoms with Crippen molar-refractivity contribution >= 4 is 0 Å². The van der Waals surface area contributed by atoms with Crippen molar-refractivity contribution in [3.63, 3.8) is 0 Å². The van der Waals surface area contributed by atoms with Gasteiger partial charge in [0.25, 0.3) is 0 Å². The summed E-state index contributed by atoms with van der Waals surface area (Å²) in [5.74, 6) is 3.93. The zero-order valence-corrected chi connectivity index (χ0v) is 9.94. The third-order valence-corrected chi connectivity index (χ3v) is 4.20. The van der Waals surface area contributed by atoms with Crippen LogP contribution in [0.4, 0.5) is 0 Å². The smallest absolute Gasteiger partial charge is 0.233 e. The molecule has 3 atom stereocenters. The number of nitrogens with one attached hydrogen (secondary N) is 1. The van der Waals surface area contributed by atoms with E-state index in [0.29, 0.717) is 5.92 Å². The van der Waals surface area contributed by atoms with Crippen molar-refractivity contribution < 1.29 is 4.42 Å². The molecule has 2 saturated carbocycles. The molecule has 3 rings (SSSR count). The summed E-state index contributed by atoms with van der Waals surface area (Å²) in [6, 6.07) is 0.208. The van der Waals surface area contributed by atoms with E-state index < -0.39 is 0 Å². The third-order valence-electron chi connectivity index (χ3n) is 4.20. The molecular formula is C12H19N3O. The van der Waals surface area contributed by atoms with Crippen LogP contribution in [0.5, 0.6) is 0 Å². The number of aromatic nitrogens is 2. The largest absolute Gasteiger partial charge is 0.423 e. The van der Waals surface area contributed by atoms with E-state index in [1.54, 1.807) is 0 Å². The quantitative estimate of drug-likeness (QED) is 0.847. The van der Waals surface area contributed by atoms with Crippen molar-refractivity contribution in [2.75, 3.05) is 7.05 Å². The highest BCUT2D eigenvalue weighted by molar-refractivity contribution is 5.15. The van der Waals surface area contributed by atoms with Crippen molar-refractivity contribution in [1.29, 1.82) is 0 Å². The topological polar surface area (TPSA) is 51.0 Å². The molecule has 1 aromatic rings. The molecular weight excluding hydrogens is 202 g/mol. The van der Waals surface area contributed by atoms with E-state index in [-0.39, 0.29) is 6.04 Å². The molecule has 88 valence electrons. The van der Waals surface area contributed by atoms with Gasteiger partial charge in [-0.3, -0.25) is 0 Å². The molecule has 1 aromatic heterocycles. The van der Waals surface area contributed by atoms with Gasteiger partial charge >= 0.3 is 0 Å². The second-order valence-corrected chi connectivity index (χ2v) is 5.01. The average Bonchev–Trinajstić information content (AvgIpc) is 2.77. The highest BCUT2D eigenvalue weighted by atomic mass is 16.4. The molecule has 16 heavy (non-hydrogen) atoms. The molecule has 0 spiro atoms. The lowest BCUT2D eigenvalue weighted by molar-refractivity contribution is 0.379. The van der Waals surface area contributed by atoms with Gasteiger partial charge in [0.1, 0.15) is 0 Å². The van der Waals surface area contributed by atoms with Crippen LogP contribution < -0.4 is 5.32 Å². The molecule has 3 unspecified atom stereocenters. The molecule has 0 bridgehead atoms. The summed E-state index contributed by atoms with van der Waals surface area (Å²) in [6.07, 6.45) is 5.09. The molecule has 1 heterocycles. The van der Waals surface area contributed by atoms with Gasteiger partial charge in [0.2, 0.25) is 11.8 Å². The molecule has 1 N–H and O–H groups in total. The Bertz CT molecular complexity index is 362. The molecule has 0 amide bonds. The minimum absolute atomic E-state index is 0.208. The summed E-state index contributed by atoms with van der Waals surface area (Å²) in [6.45, 7) is 2.12. The molecule has 2 aliphatic carbocycles. The van der Waals surface area contributed by atoms with E-state index in [9.17, 15) is 0 Å². The summed E-state index contributed by atoms with van der Waals surface area (Å²) in [7, 11) is 1.93.